The number of hydrogen-bond donors (Lipinski definition) is 2. The number of benzene rings is 1. The average Bonchev–Trinajstić information content (AvgIpc) is 2.67. The Morgan fingerprint density at radius 2 is 1.86 bits per heavy atom. The van der Waals surface area contributed by atoms with Gasteiger partial charge in [0.25, 0.3) is 5.91 Å². The van der Waals surface area contributed by atoms with Crippen LogP contribution >= 0.6 is 0 Å². The van der Waals surface area contributed by atoms with E-state index in [1.54, 1.807) is 18.1 Å². The maximum Gasteiger partial charge on any atom is 0.573 e. The molecule has 150 valence electrons. The van der Waals surface area contributed by atoms with Gasteiger partial charge in [-0.3, -0.25) is 4.79 Å². The van der Waals surface area contributed by atoms with Gasteiger partial charge in [-0.25, -0.2) is 4.98 Å². The van der Waals surface area contributed by atoms with Gasteiger partial charge in [0.15, 0.2) is 0 Å². The molecule has 0 radical (unpaired) electrons. The molecule has 28 heavy (non-hydrogen) atoms. The zero-order chi connectivity index (χ0) is 20.3. The van der Waals surface area contributed by atoms with E-state index in [0.717, 1.165) is 36.2 Å². The third-order valence-electron chi connectivity index (χ3n) is 4.82. The van der Waals surface area contributed by atoms with Crippen LogP contribution in [0.3, 0.4) is 0 Å². The lowest BCUT2D eigenvalue weighted by atomic mass is 9.88. The van der Waals surface area contributed by atoms with Crippen molar-refractivity contribution in [2.45, 2.75) is 25.1 Å². The van der Waals surface area contributed by atoms with Gasteiger partial charge in [-0.05, 0) is 54.7 Å². The Morgan fingerprint density at radius 1 is 1.21 bits per heavy atom. The Balaban J connectivity index is 1.63. The molecule has 1 amide bonds. The van der Waals surface area contributed by atoms with Gasteiger partial charge in [0.2, 0.25) is 0 Å². The topological polar surface area (TPSA) is 80.5 Å². The first-order chi connectivity index (χ1) is 13.3. The maximum absolute atomic E-state index is 12.6. The highest BCUT2D eigenvalue weighted by molar-refractivity contribution is 5.94. The summed E-state index contributed by atoms with van der Waals surface area (Å²) in [6, 6.07) is 6.92. The smallest absolute Gasteiger partial charge is 0.406 e. The van der Waals surface area contributed by atoms with E-state index in [1.807, 2.05) is 6.07 Å². The number of hydrogen-bond acceptors (Lipinski definition) is 5. The van der Waals surface area contributed by atoms with Gasteiger partial charge in [0.05, 0.1) is 5.69 Å². The number of likely N-dealkylation sites (tertiary alicyclic amines) is 1. The second-order valence-corrected chi connectivity index (χ2v) is 6.55. The summed E-state index contributed by atoms with van der Waals surface area (Å²) in [5.41, 5.74) is 8.14. The molecule has 9 heteroatoms. The lowest BCUT2D eigenvalue weighted by Crippen LogP contribution is -2.38. The summed E-state index contributed by atoms with van der Waals surface area (Å²) in [5, 5.41) is 3.08. The van der Waals surface area contributed by atoms with Gasteiger partial charge in [0.1, 0.15) is 11.6 Å². The quantitative estimate of drug-likeness (QED) is 0.828. The SMILES string of the molecule is CNc1c(C2CCN(C(=O)c3ccc(OC(F)(F)F)cc3)CC2)ccnc1N. The minimum Gasteiger partial charge on any atom is -0.406 e. The predicted octanol–water partition coefficient (Wildman–Crippen LogP) is 3.62. The number of carbonyl (C=O) groups excluding carboxylic acids is 1. The van der Waals surface area contributed by atoms with Crippen LogP contribution < -0.4 is 15.8 Å². The van der Waals surface area contributed by atoms with Crippen molar-refractivity contribution in [3.05, 3.63) is 47.7 Å². The number of carbonyl (C=O) groups is 1. The molecule has 1 aliphatic heterocycles. The molecule has 1 aromatic heterocycles. The number of nitrogen functional groups attached to an aromatic ring is 1. The molecule has 6 nitrogen and oxygen atoms in total. The average molecular weight is 394 g/mol. The summed E-state index contributed by atoms with van der Waals surface area (Å²) < 4.78 is 40.5. The molecule has 1 fully saturated rings. The number of nitrogens with one attached hydrogen (secondary N) is 1. The summed E-state index contributed by atoms with van der Waals surface area (Å²) in [7, 11) is 1.79. The number of amides is 1. The number of nitrogens with zero attached hydrogens (tertiary/aromatic N) is 2. The van der Waals surface area contributed by atoms with Crippen LogP contribution in [0.2, 0.25) is 0 Å². The van der Waals surface area contributed by atoms with Crippen molar-refractivity contribution in [3.8, 4) is 5.75 Å². The van der Waals surface area contributed by atoms with E-state index in [1.165, 1.54) is 12.1 Å². The van der Waals surface area contributed by atoms with Crippen LogP contribution in [0.15, 0.2) is 36.5 Å². The van der Waals surface area contributed by atoms with Crippen molar-refractivity contribution in [3.63, 3.8) is 0 Å². The van der Waals surface area contributed by atoms with E-state index in [-0.39, 0.29) is 17.6 Å². The van der Waals surface area contributed by atoms with E-state index < -0.39 is 6.36 Å². The molecule has 1 saturated heterocycles. The van der Waals surface area contributed by atoms with Gasteiger partial charge in [-0.1, -0.05) is 0 Å². The lowest BCUT2D eigenvalue weighted by molar-refractivity contribution is -0.274. The van der Waals surface area contributed by atoms with Crippen molar-refractivity contribution in [2.24, 2.45) is 0 Å². The number of nitrogens with two attached hydrogens (primary N) is 1. The fourth-order valence-electron chi connectivity index (χ4n) is 3.48. The molecule has 0 spiro atoms. The van der Waals surface area contributed by atoms with Crippen LogP contribution in [0.1, 0.15) is 34.7 Å². The molecule has 2 heterocycles. The third kappa shape index (κ3) is 4.47. The van der Waals surface area contributed by atoms with Gasteiger partial charge < -0.3 is 20.7 Å². The number of rotatable bonds is 4. The molecule has 1 aromatic carbocycles. The summed E-state index contributed by atoms with van der Waals surface area (Å²) in [6.07, 6.45) is -1.55. The molecule has 0 aliphatic carbocycles. The summed E-state index contributed by atoms with van der Waals surface area (Å²) in [4.78, 5) is 18.4. The molecular formula is C19H21F3N4O2. The molecule has 3 N–H and O–H groups in total. The zero-order valence-electron chi connectivity index (χ0n) is 15.3. The second-order valence-electron chi connectivity index (χ2n) is 6.55. The fraction of sp³-hybridized carbons (Fsp3) is 0.368. The van der Waals surface area contributed by atoms with Crippen molar-refractivity contribution < 1.29 is 22.7 Å². The minimum atomic E-state index is -4.75. The highest BCUT2D eigenvalue weighted by Gasteiger charge is 2.31. The normalized spacial score (nSPS) is 15.4. The summed E-state index contributed by atoms with van der Waals surface area (Å²) in [5.74, 6) is 0.136. The lowest BCUT2D eigenvalue weighted by Gasteiger charge is -2.33. The predicted molar refractivity (Wildman–Crippen MR) is 99.2 cm³/mol. The summed E-state index contributed by atoms with van der Waals surface area (Å²) >= 11 is 0. The van der Waals surface area contributed by atoms with Crippen LogP contribution in [0.4, 0.5) is 24.7 Å². The Labute approximate surface area is 160 Å². The van der Waals surface area contributed by atoms with Crippen LogP contribution in [-0.2, 0) is 0 Å². The largest absolute Gasteiger partial charge is 0.573 e. The van der Waals surface area contributed by atoms with Crippen LogP contribution in [0, 0.1) is 0 Å². The first kappa shape index (κ1) is 19.8. The molecule has 0 atom stereocenters. The van der Waals surface area contributed by atoms with Gasteiger partial charge in [0, 0.05) is 31.9 Å². The number of pyridine rings is 1. The van der Waals surface area contributed by atoms with E-state index in [4.69, 9.17) is 5.73 Å². The zero-order valence-corrected chi connectivity index (χ0v) is 15.3. The third-order valence-corrected chi connectivity index (χ3v) is 4.82. The van der Waals surface area contributed by atoms with E-state index in [0.29, 0.717) is 24.5 Å². The summed E-state index contributed by atoms with van der Waals surface area (Å²) in [6.45, 7) is 1.10. The molecule has 3 rings (SSSR count). The maximum atomic E-state index is 12.6. The van der Waals surface area contributed by atoms with Crippen LogP contribution in [0.5, 0.6) is 5.75 Å². The molecule has 0 saturated carbocycles. The monoisotopic (exact) mass is 394 g/mol. The van der Waals surface area contributed by atoms with Crippen molar-refractivity contribution >= 4 is 17.4 Å². The highest BCUT2D eigenvalue weighted by Crippen LogP contribution is 2.35. The van der Waals surface area contributed by atoms with Crippen LogP contribution in [-0.4, -0.2) is 42.3 Å². The molecule has 2 aromatic rings. The first-order valence-electron chi connectivity index (χ1n) is 8.85. The van der Waals surface area contributed by atoms with Gasteiger partial charge in [-0.2, -0.15) is 0 Å². The van der Waals surface area contributed by atoms with E-state index >= 15 is 0 Å². The first-order valence-corrected chi connectivity index (χ1v) is 8.85. The second kappa shape index (κ2) is 7.95. The number of alkyl halides is 3. The minimum absolute atomic E-state index is 0.208. The van der Waals surface area contributed by atoms with E-state index in [2.05, 4.69) is 15.0 Å². The molecule has 0 bridgehead atoms. The van der Waals surface area contributed by atoms with Gasteiger partial charge in [-0.15, -0.1) is 13.2 Å². The molecule has 0 unspecified atom stereocenters. The molecular weight excluding hydrogens is 373 g/mol. The van der Waals surface area contributed by atoms with Crippen molar-refractivity contribution in [2.75, 3.05) is 31.2 Å². The Morgan fingerprint density at radius 3 is 2.43 bits per heavy atom. The molecule has 1 aliphatic rings. The Bertz CT molecular complexity index is 832. The number of ether oxygens (including phenoxy) is 1. The number of piperidine rings is 1. The number of anilines is 2. The van der Waals surface area contributed by atoms with Crippen LogP contribution in [0.25, 0.3) is 0 Å². The van der Waals surface area contributed by atoms with E-state index in [9.17, 15) is 18.0 Å². The number of halogens is 3. The van der Waals surface area contributed by atoms with Crippen molar-refractivity contribution in [1.29, 1.82) is 0 Å². The van der Waals surface area contributed by atoms with Gasteiger partial charge >= 0.3 is 6.36 Å². The standard InChI is InChI=1S/C19H21F3N4O2/c1-24-16-15(6-9-25-17(16)23)12-7-10-26(11-8-12)18(27)13-2-4-14(5-3-13)28-19(20,21)22/h2-6,9,12,24H,7-8,10-11H2,1H3,(H2,23,25). The number of aromatic nitrogens is 1. The fourth-order valence-corrected chi connectivity index (χ4v) is 3.48. The Kier molecular flexibility index (Phi) is 5.62. The Hall–Kier alpha value is -2.97. The van der Waals surface area contributed by atoms with Crippen molar-refractivity contribution in [1.82, 2.24) is 9.88 Å². The highest BCUT2D eigenvalue weighted by atomic mass is 19.4.